The molecular weight excluding hydrogens is 366 g/mol. The number of nitrogen functional groups attached to an aromatic ring is 1. The van der Waals surface area contributed by atoms with Gasteiger partial charge in [0.25, 0.3) is 5.56 Å². The SMILES string of the molecule is Cc1cc(OCC(=O)OCC(=O)c2c(N)n(C)c(=O)[nH]c2=O)ccc1C(C)C. The Labute approximate surface area is 161 Å². The van der Waals surface area contributed by atoms with E-state index in [0.29, 0.717) is 11.7 Å². The number of esters is 1. The van der Waals surface area contributed by atoms with Crippen LogP contribution in [0.15, 0.2) is 27.8 Å². The molecule has 0 aliphatic carbocycles. The number of carbonyl (C=O) groups is 2. The van der Waals surface area contributed by atoms with Crippen molar-refractivity contribution in [1.29, 1.82) is 0 Å². The number of aromatic amines is 1. The molecule has 1 aromatic carbocycles. The summed E-state index contributed by atoms with van der Waals surface area (Å²) in [4.78, 5) is 49.1. The molecule has 3 N–H and O–H groups in total. The number of Topliss-reactive ketones (excluding diaryl/α,β-unsaturated/α-hetero) is 1. The van der Waals surface area contributed by atoms with E-state index in [1.807, 2.05) is 24.0 Å². The third-order valence-electron chi connectivity index (χ3n) is 4.23. The van der Waals surface area contributed by atoms with Gasteiger partial charge >= 0.3 is 11.7 Å². The number of ether oxygens (including phenoxy) is 2. The Hall–Kier alpha value is -3.36. The lowest BCUT2D eigenvalue weighted by Crippen LogP contribution is -2.36. The third kappa shape index (κ3) is 4.67. The van der Waals surface area contributed by atoms with E-state index >= 15 is 0 Å². The molecule has 0 aliphatic heterocycles. The summed E-state index contributed by atoms with van der Waals surface area (Å²) in [6.07, 6.45) is 0. The van der Waals surface area contributed by atoms with E-state index in [-0.39, 0.29) is 5.82 Å². The van der Waals surface area contributed by atoms with Crippen LogP contribution in [0.25, 0.3) is 0 Å². The zero-order valence-electron chi connectivity index (χ0n) is 16.2. The van der Waals surface area contributed by atoms with Crippen LogP contribution in [-0.2, 0) is 16.6 Å². The molecule has 0 amide bonds. The number of nitrogens with two attached hydrogens (primary N) is 1. The molecule has 2 rings (SSSR count). The highest BCUT2D eigenvalue weighted by Gasteiger charge is 2.19. The highest BCUT2D eigenvalue weighted by Crippen LogP contribution is 2.23. The first-order valence-corrected chi connectivity index (χ1v) is 8.62. The van der Waals surface area contributed by atoms with E-state index in [2.05, 4.69) is 13.8 Å². The number of rotatable bonds is 7. The second kappa shape index (κ2) is 8.55. The number of anilines is 1. The van der Waals surface area contributed by atoms with Gasteiger partial charge in [0.15, 0.2) is 13.2 Å². The third-order valence-corrected chi connectivity index (χ3v) is 4.23. The van der Waals surface area contributed by atoms with Crippen LogP contribution in [-0.4, -0.2) is 34.5 Å². The van der Waals surface area contributed by atoms with Crippen molar-refractivity contribution in [3.63, 3.8) is 0 Å². The number of carbonyl (C=O) groups excluding carboxylic acids is 2. The number of hydrogen-bond acceptors (Lipinski definition) is 7. The van der Waals surface area contributed by atoms with Crippen molar-refractivity contribution in [1.82, 2.24) is 9.55 Å². The molecule has 9 nitrogen and oxygen atoms in total. The topological polar surface area (TPSA) is 133 Å². The molecule has 1 heterocycles. The molecule has 0 saturated carbocycles. The molecule has 0 bridgehead atoms. The fraction of sp³-hybridized carbons (Fsp3) is 0.368. The molecule has 0 atom stereocenters. The fourth-order valence-electron chi connectivity index (χ4n) is 2.69. The number of benzene rings is 1. The fourth-order valence-corrected chi connectivity index (χ4v) is 2.69. The lowest BCUT2D eigenvalue weighted by Gasteiger charge is -2.12. The largest absolute Gasteiger partial charge is 0.482 e. The van der Waals surface area contributed by atoms with E-state index in [0.717, 1.165) is 10.1 Å². The van der Waals surface area contributed by atoms with Crippen molar-refractivity contribution < 1.29 is 19.1 Å². The minimum absolute atomic E-state index is 0.299. The highest BCUT2D eigenvalue weighted by atomic mass is 16.6. The lowest BCUT2D eigenvalue weighted by atomic mass is 9.98. The summed E-state index contributed by atoms with van der Waals surface area (Å²) in [5, 5.41) is 0. The van der Waals surface area contributed by atoms with Crippen molar-refractivity contribution in [3.8, 4) is 5.75 Å². The minimum atomic E-state index is -0.932. The first-order chi connectivity index (χ1) is 13.1. The van der Waals surface area contributed by atoms with Gasteiger partial charge in [-0.05, 0) is 36.1 Å². The van der Waals surface area contributed by atoms with Crippen molar-refractivity contribution in [2.24, 2.45) is 7.05 Å². The Kier molecular flexibility index (Phi) is 6.40. The Morgan fingerprint density at radius 1 is 1.21 bits per heavy atom. The zero-order valence-corrected chi connectivity index (χ0v) is 16.2. The first kappa shape index (κ1) is 20.9. The van der Waals surface area contributed by atoms with E-state index in [4.69, 9.17) is 15.2 Å². The number of ketones is 1. The molecule has 0 fully saturated rings. The summed E-state index contributed by atoms with van der Waals surface area (Å²) < 4.78 is 11.1. The Bertz CT molecular complexity index is 1020. The van der Waals surface area contributed by atoms with Crippen molar-refractivity contribution in [2.75, 3.05) is 18.9 Å². The number of nitrogens with zero attached hydrogens (tertiary/aromatic N) is 1. The highest BCUT2D eigenvalue weighted by molar-refractivity contribution is 6.01. The number of nitrogens with one attached hydrogen (secondary N) is 1. The van der Waals surface area contributed by atoms with Gasteiger partial charge in [0, 0.05) is 7.05 Å². The van der Waals surface area contributed by atoms with Crippen molar-refractivity contribution >= 4 is 17.6 Å². The van der Waals surface area contributed by atoms with Crippen LogP contribution in [0.2, 0.25) is 0 Å². The van der Waals surface area contributed by atoms with Crippen LogP contribution in [0.3, 0.4) is 0 Å². The van der Waals surface area contributed by atoms with Gasteiger partial charge in [-0.2, -0.15) is 0 Å². The predicted octanol–water partition coefficient (Wildman–Crippen LogP) is 0.893. The van der Waals surface area contributed by atoms with Gasteiger partial charge in [0.05, 0.1) is 0 Å². The molecule has 0 aliphatic rings. The number of H-pyrrole nitrogens is 1. The number of hydrogen-bond donors (Lipinski definition) is 2. The molecule has 28 heavy (non-hydrogen) atoms. The molecule has 0 saturated heterocycles. The summed E-state index contributed by atoms with van der Waals surface area (Å²) in [5.41, 5.74) is 5.74. The van der Waals surface area contributed by atoms with Gasteiger partial charge in [-0.1, -0.05) is 19.9 Å². The standard InChI is InChI=1S/C19H23N3O6/c1-10(2)13-6-5-12(7-11(13)3)27-9-15(24)28-8-14(23)16-17(20)22(4)19(26)21-18(16)25/h5-7,10H,8-9,20H2,1-4H3,(H,21,25,26). The molecule has 1 aromatic heterocycles. The second-order valence-electron chi connectivity index (χ2n) is 6.62. The molecule has 9 heteroatoms. The Morgan fingerprint density at radius 2 is 1.89 bits per heavy atom. The van der Waals surface area contributed by atoms with Gasteiger partial charge < -0.3 is 15.2 Å². The van der Waals surface area contributed by atoms with E-state index in [1.54, 1.807) is 6.07 Å². The molecule has 0 spiro atoms. The second-order valence-corrected chi connectivity index (χ2v) is 6.62. The zero-order chi connectivity index (χ0) is 21.0. The molecule has 2 aromatic rings. The van der Waals surface area contributed by atoms with Crippen LogP contribution in [0.5, 0.6) is 5.75 Å². The summed E-state index contributed by atoms with van der Waals surface area (Å²) in [7, 11) is 1.30. The smallest absolute Gasteiger partial charge is 0.344 e. The van der Waals surface area contributed by atoms with Crippen LogP contribution < -0.4 is 21.7 Å². The maximum atomic E-state index is 12.1. The van der Waals surface area contributed by atoms with E-state index < -0.39 is 41.8 Å². The monoisotopic (exact) mass is 389 g/mol. The molecular formula is C19H23N3O6. The van der Waals surface area contributed by atoms with Gasteiger partial charge in [0.1, 0.15) is 17.1 Å². The van der Waals surface area contributed by atoms with Gasteiger partial charge in [-0.3, -0.25) is 19.1 Å². The quantitative estimate of drug-likeness (QED) is 0.531. The first-order valence-electron chi connectivity index (χ1n) is 8.62. The molecule has 0 radical (unpaired) electrons. The van der Waals surface area contributed by atoms with Gasteiger partial charge in [-0.25, -0.2) is 9.59 Å². The van der Waals surface area contributed by atoms with Gasteiger partial charge in [-0.15, -0.1) is 0 Å². The predicted molar refractivity (Wildman–Crippen MR) is 103 cm³/mol. The molecule has 0 unspecified atom stereocenters. The summed E-state index contributed by atoms with van der Waals surface area (Å²) in [6, 6.07) is 5.50. The van der Waals surface area contributed by atoms with Crippen LogP contribution in [0, 0.1) is 6.92 Å². The van der Waals surface area contributed by atoms with Crippen molar-refractivity contribution in [3.05, 3.63) is 55.7 Å². The van der Waals surface area contributed by atoms with Crippen LogP contribution in [0.4, 0.5) is 5.82 Å². The lowest BCUT2D eigenvalue weighted by molar-refractivity contribution is -0.144. The Morgan fingerprint density at radius 3 is 2.50 bits per heavy atom. The summed E-state index contributed by atoms with van der Waals surface area (Å²) in [6.45, 7) is 5.03. The minimum Gasteiger partial charge on any atom is -0.482 e. The van der Waals surface area contributed by atoms with Crippen LogP contribution >= 0.6 is 0 Å². The summed E-state index contributed by atoms with van der Waals surface area (Å²) in [5.74, 6) is -1.02. The summed E-state index contributed by atoms with van der Waals surface area (Å²) >= 11 is 0. The van der Waals surface area contributed by atoms with Crippen LogP contribution in [0.1, 0.15) is 41.3 Å². The maximum absolute atomic E-state index is 12.1. The van der Waals surface area contributed by atoms with Crippen molar-refractivity contribution in [2.45, 2.75) is 26.7 Å². The van der Waals surface area contributed by atoms with E-state index in [1.165, 1.54) is 12.6 Å². The number of aromatic nitrogens is 2. The average molecular weight is 389 g/mol. The number of aryl methyl sites for hydroxylation is 1. The Balaban J connectivity index is 1.95. The average Bonchev–Trinajstić information content (AvgIpc) is 2.62. The normalized spacial score (nSPS) is 10.8. The van der Waals surface area contributed by atoms with E-state index in [9.17, 15) is 19.2 Å². The maximum Gasteiger partial charge on any atom is 0.344 e. The molecule has 150 valence electrons. The van der Waals surface area contributed by atoms with Gasteiger partial charge in [0.2, 0.25) is 5.78 Å².